The molecule has 0 radical (unpaired) electrons. The van der Waals surface area contributed by atoms with E-state index in [1.165, 1.54) is 14.2 Å². The van der Waals surface area contributed by atoms with E-state index >= 15 is 0 Å². The Labute approximate surface area is 101 Å². The Morgan fingerprint density at radius 1 is 0.765 bits per heavy atom. The fourth-order valence-electron chi connectivity index (χ4n) is 0.304. The summed E-state index contributed by atoms with van der Waals surface area (Å²) in [6, 6.07) is 0. The van der Waals surface area contributed by atoms with E-state index in [9.17, 15) is 4.79 Å². The van der Waals surface area contributed by atoms with Gasteiger partial charge in [0.2, 0.25) is 6.29 Å². The summed E-state index contributed by atoms with van der Waals surface area (Å²) in [5.41, 5.74) is 0. The zero-order chi connectivity index (χ0) is 14.1. The largest absolute Gasteiger partial charge is 0.356 e. The first-order valence-electron chi connectivity index (χ1n) is 4.53. The van der Waals surface area contributed by atoms with Crippen molar-refractivity contribution < 1.29 is 33.3 Å². The molecule has 0 fully saturated rings. The van der Waals surface area contributed by atoms with Crippen LogP contribution in [0.15, 0.2) is 0 Å². The standard InChI is InChI=1S/C4H8O3.C4H10O2.C2H2O2/c1-6-4(3-5)7-2;1-4(5-2)6-3;3-1-2-4/h3-4H,1-2H3;4H,1-3H3;1-2H. The van der Waals surface area contributed by atoms with Crippen LogP contribution in [0.3, 0.4) is 0 Å². The second-order valence-electron chi connectivity index (χ2n) is 2.29. The lowest BCUT2D eigenvalue weighted by atomic mass is 10.7. The van der Waals surface area contributed by atoms with Crippen molar-refractivity contribution >= 4 is 18.9 Å². The average Bonchev–Trinajstić information content (AvgIpc) is 2.40. The molecule has 0 aromatic heterocycles. The van der Waals surface area contributed by atoms with Crippen LogP contribution >= 0.6 is 0 Å². The Kier molecular flexibility index (Phi) is 25.3. The van der Waals surface area contributed by atoms with Gasteiger partial charge in [-0.15, -0.1) is 0 Å². The molecule has 0 aromatic rings. The molecule has 0 saturated heterocycles. The molecule has 7 nitrogen and oxygen atoms in total. The molecule has 0 bridgehead atoms. The first-order chi connectivity index (χ1) is 8.07. The van der Waals surface area contributed by atoms with Crippen molar-refractivity contribution in [3.8, 4) is 0 Å². The molecule has 0 atom stereocenters. The summed E-state index contributed by atoms with van der Waals surface area (Å²) in [4.78, 5) is 27.3. The summed E-state index contributed by atoms with van der Waals surface area (Å²) >= 11 is 0. The number of rotatable bonds is 6. The van der Waals surface area contributed by atoms with E-state index in [-0.39, 0.29) is 18.9 Å². The van der Waals surface area contributed by atoms with Gasteiger partial charge in [-0.25, -0.2) is 0 Å². The quantitative estimate of drug-likeness (QED) is 0.368. The van der Waals surface area contributed by atoms with Crippen LogP contribution in [-0.2, 0) is 33.3 Å². The number of hydrogen-bond acceptors (Lipinski definition) is 7. The van der Waals surface area contributed by atoms with Crippen molar-refractivity contribution in [1.82, 2.24) is 0 Å². The third-order valence-electron chi connectivity index (χ3n) is 1.30. The minimum Gasteiger partial charge on any atom is -0.356 e. The van der Waals surface area contributed by atoms with Gasteiger partial charge < -0.3 is 18.9 Å². The van der Waals surface area contributed by atoms with Gasteiger partial charge in [-0.2, -0.15) is 0 Å². The van der Waals surface area contributed by atoms with Crippen molar-refractivity contribution in [2.45, 2.75) is 19.5 Å². The zero-order valence-corrected chi connectivity index (χ0v) is 10.7. The van der Waals surface area contributed by atoms with E-state index in [1.807, 2.05) is 6.92 Å². The van der Waals surface area contributed by atoms with Crippen molar-refractivity contribution in [3.05, 3.63) is 0 Å². The third-order valence-corrected chi connectivity index (χ3v) is 1.30. The lowest BCUT2D eigenvalue weighted by molar-refractivity contribution is -0.143. The van der Waals surface area contributed by atoms with Crippen LogP contribution in [0.25, 0.3) is 0 Å². The number of methoxy groups -OCH3 is 4. The maximum absolute atomic E-state index is 9.72. The van der Waals surface area contributed by atoms with Crippen LogP contribution in [0, 0.1) is 0 Å². The Hall–Kier alpha value is -1.15. The smallest absolute Gasteiger partial charge is 0.214 e. The van der Waals surface area contributed by atoms with Crippen molar-refractivity contribution in [2.24, 2.45) is 0 Å². The van der Waals surface area contributed by atoms with Crippen LogP contribution in [0.5, 0.6) is 0 Å². The fourth-order valence-corrected chi connectivity index (χ4v) is 0.304. The maximum Gasteiger partial charge on any atom is 0.214 e. The van der Waals surface area contributed by atoms with E-state index in [2.05, 4.69) is 18.9 Å². The van der Waals surface area contributed by atoms with Gasteiger partial charge in [0.15, 0.2) is 25.1 Å². The number of carbonyl (C=O) groups is 3. The monoisotopic (exact) mass is 252 g/mol. The number of hydrogen-bond donors (Lipinski definition) is 0. The minimum atomic E-state index is -0.694. The summed E-state index contributed by atoms with van der Waals surface area (Å²) in [7, 11) is 6.02. The Bertz CT molecular complexity index is 158. The van der Waals surface area contributed by atoms with Gasteiger partial charge in [0.1, 0.15) is 0 Å². The zero-order valence-electron chi connectivity index (χ0n) is 10.7. The first-order valence-corrected chi connectivity index (χ1v) is 4.53. The third kappa shape index (κ3) is 25.3. The van der Waals surface area contributed by atoms with E-state index < -0.39 is 6.29 Å². The molecule has 0 aromatic carbocycles. The minimum absolute atomic E-state index is 0.0648. The second kappa shape index (κ2) is 20.3. The maximum atomic E-state index is 9.72. The highest BCUT2D eigenvalue weighted by atomic mass is 16.7. The van der Waals surface area contributed by atoms with E-state index in [1.54, 1.807) is 14.2 Å². The van der Waals surface area contributed by atoms with E-state index in [0.29, 0.717) is 6.29 Å². The molecule has 0 N–H and O–H groups in total. The predicted octanol–water partition coefficient (Wildman–Crippen LogP) is -0.186. The first kappa shape index (κ1) is 21.2. The highest BCUT2D eigenvalue weighted by molar-refractivity contribution is 6.09. The van der Waals surface area contributed by atoms with Gasteiger partial charge in [-0.1, -0.05) is 0 Å². The molecule has 0 heterocycles. The Morgan fingerprint density at radius 3 is 1.12 bits per heavy atom. The predicted molar refractivity (Wildman–Crippen MR) is 59.5 cm³/mol. The molecule has 0 aliphatic heterocycles. The SMILES string of the molecule is COC(C)OC.COC(C=O)OC.O=CC=O. The summed E-state index contributed by atoms with van der Waals surface area (Å²) in [5, 5.41) is 0. The highest BCUT2D eigenvalue weighted by Crippen LogP contribution is 1.83. The van der Waals surface area contributed by atoms with Gasteiger partial charge >= 0.3 is 0 Å². The molecule has 0 rings (SSSR count). The molecule has 0 aliphatic rings. The van der Waals surface area contributed by atoms with Gasteiger partial charge in [0.25, 0.3) is 0 Å². The van der Waals surface area contributed by atoms with Gasteiger partial charge in [-0.05, 0) is 6.92 Å². The summed E-state index contributed by atoms with van der Waals surface area (Å²) < 4.78 is 18.3. The highest BCUT2D eigenvalue weighted by Gasteiger charge is 1.97. The topological polar surface area (TPSA) is 88.1 Å². The molecule has 0 amide bonds. The Balaban J connectivity index is -0.000000180. The molecule has 0 unspecified atom stereocenters. The lowest BCUT2D eigenvalue weighted by Gasteiger charge is -2.03. The van der Waals surface area contributed by atoms with Crippen LogP contribution in [0.4, 0.5) is 0 Å². The lowest BCUT2D eigenvalue weighted by Crippen LogP contribution is -2.13. The van der Waals surface area contributed by atoms with Gasteiger partial charge in [-0.3, -0.25) is 14.4 Å². The molecule has 7 heteroatoms. The number of aldehydes is 3. The molecule has 102 valence electrons. The van der Waals surface area contributed by atoms with Gasteiger partial charge in [0.05, 0.1) is 0 Å². The van der Waals surface area contributed by atoms with Crippen LogP contribution in [0.2, 0.25) is 0 Å². The molecule has 17 heavy (non-hydrogen) atoms. The molecule has 0 saturated carbocycles. The van der Waals surface area contributed by atoms with E-state index in [0.717, 1.165) is 0 Å². The Morgan fingerprint density at radius 2 is 1.12 bits per heavy atom. The normalized spacial score (nSPS) is 8.65. The second-order valence-corrected chi connectivity index (χ2v) is 2.29. The van der Waals surface area contributed by atoms with Gasteiger partial charge in [0, 0.05) is 28.4 Å². The molecule has 0 aliphatic carbocycles. The number of carbonyl (C=O) groups excluding carboxylic acids is 3. The number of ether oxygens (including phenoxy) is 4. The fraction of sp³-hybridized carbons (Fsp3) is 0.700. The van der Waals surface area contributed by atoms with Crippen molar-refractivity contribution in [3.63, 3.8) is 0 Å². The molecular weight excluding hydrogens is 232 g/mol. The van der Waals surface area contributed by atoms with Crippen molar-refractivity contribution in [1.29, 1.82) is 0 Å². The van der Waals surface area contributed by atoms with E-state index in [4.69, 9.17) is 9.59 Å². The van der Waals surface area contributed by atoms with Crippen LogP contribution < -0.4 is 0 Å². The summed E-state index contributed by atoms with van der Waals surface area (Å²) in [5.74, 6) is 0. The van der Waals surface area contributed by atoms with Crippen LogP contribution in [-0.4, -0.2) is 59.9 Å². The summed E-state index contributed by atoms with van der Waals surface area (Å²) in [6.07, 6.45) is 0.213. The average molecular weight is 252 g/mol. The van der Waals surface area contributed by atoms with Crippen molar-refractivity contribution in [2.75, 3.05) is 28.4 Å². The molecular formula is C10H20O7. The summed E-state index contributed by atoms with van der Waals surface area (Å²) in [6.45, 7) is 1.83. The molecule has 0 spiro atoms. The van der Waals surface area contributed by atoms with Crippen LogP contribution in [0.1, 0.15) is 6.92 Å².